The van der Waals surface area contributed by atoms with Crippen LogP contribution in [0.2, 0.25) is 0 Å². The van der Waals surface area contributed by atoms with Crippen molar-refractivity contribution in [1.29, 1.82) is 0 Å². The highest BCUT2D eigenvalue weighted by Gasteiger charge is 2.34. The smallest absolute Gasteiger partial charge is 0.417 e. The van der Waals surface area contributed by atoms with Gasteiger partial charge in [-0.15, -0.1) is 0 Å². The maximum atomic E-state index is 12.5. The number of alkyl halides is 3. The minimum absolute atomic E-state index is 0.0208. The number of hydrogen-bond acceptors (Lipinski definition) is 4. The zero-order valence-corrected chi connectivity index (χ0v) is 13.9. The molecule has 1 aromatic carbocycles. The molecule has 0 spiro atoms. The summed E-state index contributed by atoms with van der Waals surface area (Å²) in [4.78, 5) is 28.6. The van der Waals surface area contributed by atoms with Crippen LogP contribution < -0.4 is 4.74 Å². The van der Waals surface area contributed by atoms with Crippen molar-refractivity contribution >= 4 is 11.9 Å². The molecule has 1 amide bonds. The van der Waals surface area contributed by atoms with E-state index in [9.17, 15) is 22.8 Å². The Morgan fingerprint density at radius 1 is 1.15 bits per heavy atom. The first-order valence-corrected chi connectivity index (χ1v) is 8.10. The zero-order chi connectivity index (χ0) is 19.6. The van der Waals surface area contributed by atoms with Crippen molar-refractivity contribution in [3.63, 3.8) is 0 Å². The van der Waals surface area contributed by atoms with Crippen molar-refractivity contribution in [1.82, 2.24) is 9.88 Å². The van der Waals surface area contributed by atoms with E-state index in [1.54, 1.807) is 0 Å². The van der Waals surface area contributed by atoms with Gasteiger partial charge in [0.2, 0.25) is 5.88 Å². The Kier molecular flexibility index (Phi) is 5.02. The van der Waals surface area contributed by atoms with Crippen LogP contribution in [0.25, 0.3) is 0 Å². The summed E-state index contributed by atoms with van der Waals surface area (Å²) < 4.78 is 42.9. The maximum absolute atomic E-state index is 12.5. The molecule has 3 rings (SSSR count). The number of amides is 1. The van der Waals surface area contributed by atoms with Crippen molar-refractivity contribution in [3.8, 4) is 11.6 Å². The summed E-state index contributed by atoms with van der Waals surface area (Å²) in [5.74, 6) is -1.16. The molecule has 1 N–H and O–H groups in total. The molecule has 9 heteroatoms. The third-order valence-electron chi connectivity index (χ3n) is 4.19. The number of ether oxygens (including phenoxy) is 1. The highest BCUT2D eigenvalue weighted by atomic mass is 19.4. The summed E-state index contributed by atoms with van der Waals surface area (Å²) in [6.45, 7) is 0.378. The van der Waals surface area contributed by atoms with Crippen LogP contribution >= 0.6 is 0 Å². The number of carbonyl (C=O) groups is 2. The first kappa shape index (κ1) is 18.7. The van der Waals surface area contributed by atoms with Gasteiger partial charge in [0.1, 0.15) is 11.8 Å². The number of hydrogen-bond donors (Lipinski definition) is 1. The van der Waals surface area contributed by atoms with Crippen LogP contribution in [0.4, 0.5) is 13.2 Å². The van der Waals surface area contributed by atoms with Crippen molar-refractivity contribution in [3.05, 3.63) is 53.7 Å². The fourth-order valence-electron chi connectivity index (χ4n) is 2.83. The molecule has 1 aliphatic heterocycles. The third-order valence-corrected chi connectivity index (χ3v) is 4.19. The van der Waals surface area contributed by atoms with Gasteiger partial charge in [-0.05, 0) is 43.2 Å². The molecule has 0 aliphatic carbocycles. The van der Waals surface area contributed by atoms with Gasteiger partial charge in [0, 0.05) is 24.4 Å². The lowest BCUT2D eigenvalue weighted by Gasteiger charge is -2.21. The number of aromatic nitrogens is 1. The molecule has 6 nitrogen and oxygen atoms in total. The van der Waals surface area contributed by atoms with Crippen molar-refractivity contribution in [2.45, 2.75) is 25.1 Å². The number of nitrogens with zero attached hydrogens (tertiary/aromatic N) is 2. The summed E-state index contributed by atoms with van der Waals surface area (Å²) in [6, 6.07) is 7.02. The second-order valence-corrected chi connectivity index (χ2v) is 6.00. The normalized spacial score (nSPS) is 17.0. The highest BCUT2D eigenvalue weighted by Crippen LogP contribution is 2.30. The van der Waals surface area contributed by atoms with Crippen LogP contribution in [0.1, 0.15) is 28.8 Å². The largest absolute Gasteiger partial charge is 0.480 e. The van der Waals surface area contributed by atoms with E-state index < -0.39 is 23.8 Å². The van der Waals surface area contributed by atoms with Crippen LogP contribution in [0.5, 0.6) is 11.6 Å². The number of carboxylic acids is 1. The Bertz CT molecular complexity index is 835. The lowest BCUT2D eigenvalue weighted by molar-refractivity contribution is -0.141. The molecule has 1 aliphatic rings. The number of rotatable bonds is 4. The van der Waals surface area contributed by atoms with Crippen molar-refractivity contribution in [2.75, 3.05) is 6.54 Å². The van der Waals surface area contributed by atoms with Gasteiger partial charge in [0.25, 0.3) is 5.91 Å². The van der Waals surface area contributed by atoms with E-state index in [4.69, 9.17) is 9.84 Å². The molecule has 1 saturated heterocycles. The molecule has 0 saturated carbocycles. The third kappa shape index (κ3) is 4.18. The van der Waals surface area contributed by atoms with Crippen LogP contribution in [-0.4, -0.2) is 39.5 Å². The lowest BCUT2D eigenvalue weighted by atomic mass is 10.1. The van der Waals surface area contributed by atoms with Crippen LogP contribution in [0, 0.1) is 0 Å². The molecule has 2 aromatic rings. The molecule has 0 radical (unpaired) electrons. The molecule has 0 unspecified atom stereocenters. The van der Waals surface area contributed by atoms with Gasteiger partial charge in [-0.2, -0.15) is 13.2 Å². The first-order valence-electron chi connectivity index (χ1n) is 8.10. The fourth-order valence-corrected chi connectivity index (χ4v) is 2.83. The number of carbonyl (C=O) groups excluding carboxylic acids is 1. The van der Waals surface area contributed by atoms with Crippen LogP contribution in [0.15, 0.2) is 42.6 Å². The zero-order valence-electron chi connectivity index (χ0n) is 13.9. The van der Waals surface area contributed by atoms with Crippen LogP contribution in [-0.2, 0) is 11.0 Å². The Balaban J connectivity index is 1.68. The number of likely N-dealkylation sites (tertiary alicyclic amines) is 1. The number of carboxylic acid groups (broad SMARTS) is 1. The van der Waals surface area contributed by atoms with Gasteiger partial charge in [-0.1, -0.05) is 0 Å². The Morgan fingerprint density at radius 2 is 1.85 bits per heavy atom. The maximum Gasteiger partial charge on any atom is 0.417 e. The van der Waals surface area contributed by atoms with Crippen molar-refractivity contribution < 1.29 is 32.6 Å². The molecule has 142 valence electrons. The van der Waals surface area contributed by atoms with E-state index in [1.165, 1.54) is 29.2 Å². The van der Waals surface area contributed by atoms with Gasteiger partial charge < -0.3 is 14.7 Å². The number of pyridine rings is 1. The molecule has 2 heterocycles. The standard InChI is InChI=1S/C18H15F3N2O4/c19-18(20,21)12-5-8-15(22-10-12)27-13-6-3-11(4-7-13)16(24)23-9-1-2-14(23)17(25)26/h3-8,10,14H,1-2,9H2,(H,25,26)/t14-/m1/s1. The topological polar surface area (TPSA) is 79.7 Å². The molecule has 0 bridgehead atoms. The van der Waals surface area contributed by atoms with E-state index in [1.807, 2.05) is 0 Å². The van der Waals surface area contributed by atoms with E-state index in [0.29, 0.717) is 31.1 Å². The summed E-state index contributed by atoms with van der Waals surface area (Å²) in [5, 5.41) is 9.17. The average molecular weight is 380 g/mol. The monoisotopic (exact) mass is 380 g/mol. The van der Waals surface area contributed by atoms with Gasteiger partial charge in [-0.25, -0.2) is 9.78 Å². The van der Waals surface area contributed by atoms with Gasteiger partial charge in [-0.3, -0.25) is 4.79 Å². The summed E-state index contributed by atoms with van der Waals surface area (Å²) in [5.41, 5.74) is -0.578. The minimum Gasteiger partial charge on any atom is -0.480 e. The number of benzene rings is 1. The number of aliphatic carboxylic acids is 1. The number of halogens is 3. The van der Waals surface area contributed by atoms with Crippen molar-refractivity contribution in [2.24, 2.45) is 0 Å². The van der Waals surface area contributed by atoms with Crippen LogP contribution in [0.3, 0.4) is 0 Å². The minimum atomic E-state index is -4.48. The predicted octanol–water partition coefficient (Wildman–Crippen LogP) is 3.58. The lowest BCUT2D eigenvalue weighted by Crippen LogP contribution is -2.40. The van der Waals surface area contributed by atoms with Gasteiger partial charge >= 0.3 is 12.1 Å². The summed E-state index contributed by atoms with van der Waals surface area (Å²) in [7, 11) is 0. The van der Waals surface area contributed by atoms with Gasteiger partial charge in [0.15, 0.2) is 0 Å². The Labute approximate surface area is 152 Å². The molecule has 1 atom stereocenters. The average Bonchev–Trinajstić information content (AvgIpc) is 3.11. The van der Waals surface area contributed by atoms with E-state index in [2.05, 4.69) is 4.98 Å². The Hall–Kier alpha value is -3.10. The van der Waals surface area contributed by atoms with E-state index in [0.717, 1.165) is 12.1 Å². The van der Waals surface area contributed by atoms with E-state index >= 15 is 0 Å². The quantitative estimate of drug-likeness (QED) is 0.877. The predicted molar refractivity (Wildman–Crippen MR) is 87.4 cm³/mol. The molecule has 1 fully saturated rings. The molecule has 1 aromatic heterocycles. The molecular formula is C18H15F3N2O4. The Morgan fingerprint density at radius 3 is 2.41 bits per heavy atom. The summed E-state index contributed by atoms with van der Waals surface area (Å²) >= 11 is 0. The fraction of sp³-hybridized carbons (Fsp3) is 0.278. The SMILES string of the molecule is O=C(O)[C@H]1CCCN1C(=O)c1ccc(Oc2ccc(C(F)(F)F)cn2)cc1. The van der Waals surface area contributed by atoms with Gasteiger partial charge in [0.05, 0.1) is 5.56 Å². The second kappa shape index (κ2) is 7.26. The second-order valence-electron chi connectivity index (χ2n) is 6.00. The highest BCUT2D eigenvalue weighted by molar-refractivity contribution is 5.97. The summed E-state index contributed by atoms with van der Waals surface area (Å²) in [6.07, 6.45) is -2.76. The first-order chi connectivity index (χ1) is 12.8. The molecular weight excluding hydrogens is 365 g/mol. The van der Waals surface area contributed by atoms with E-state index in [-0.39, 0.29) is 17.5 Å². The molecule has 27 heavy (non-hydrogen) atoms.